The number of thioether (sulfide) groups is 1. The van der Waals surface area contributed by atoms with Crippen molar-refractivity contribution < 1.29 is 14.3 Å². The predicted molar refractivity (Wildman–Crippen MR) is 93.7 cm³/mol. The van der Waals surface area contributed by atoms with Gasteiger partial charge in [-0.25, -0.2) is 0 Å². The summed E-state index contributed by atoms with van der Waals surface area (Å²) in [5.74, 6) is 2.22. The summed E-state index contributed by atoms with van der Waals surface area (Å²) in [4.78, 5) is 12.7. The molecule has 0 aliphatic heterocycles. The minimum absolute atomic E-state index is 0. The third-order valence-electron chi connectivity index (χ3n) is 3.05. The highest BCUT2D eigenvalue weighted by atomic mass is 35.5. The van der Waals surface area contributed by atoms with Crippen LogP contribution in [-0.2, 0) is 4.79 Å². The van der Waals surface area contributed by atoms with Crippen LogP contribution in [0.1, 0.15) is 13.3 Å². The molecule has 1 amide bonds. The number of carbonyl (C=O) groups excluding carboxylic acids is 1. The number of likely N-dealkylation sites (N-methyl/N-ethyl adjacent to an activating group) is 1. The molecule has 1 rings (SSSR count). The van der Waals surface area contributed by atoms with Crippen molar-refractivity contribution in [3.05, 3.63) is 18.2 Å². The van der Waals surface area contributed by atoms with E-state index in [2.05, 4.69) is 10.6 Å². The molecule has 0 saturated heterocycles. The van der Waals surface area contributed by atoms with Crippen LogP contribution >= 0.6 is 24.2 Å². The first-order valence-corrected chi connectivity index (χ1v) is 7.88. The molecule has 0 aliphatic carbocycles. The lowest BCUT2D eigenvalue weighted by Gasteiger charge is -2.11. The van der Waals surface area contributed by atoms with Gasteiger partial charge in [-0.05, 0) is 32.2 Å². The van der Waals surface area contributed by atoms with Gasteiger partial charge in [0.05, 0.1) is 14.2 Å². The van der Waals surface area contributed by atoms with Crippen LogP contribution in [0, 0.1) is 0 Å². The number of nitrogens with one attached hydrogen (secondary N) is 2. The van der Waals surface area contributed by atoms with E-state index in [4.69, 9.17) is 9.47 Å². The second kappa shape index (κ2) is 11.5. The molecule has 1 unspecified atom stereocenters. The summed E-state index contributed by atoms with van der Waals surface area (Å²) in [5, 5.41) is 5.98. The van der Waals surface area contributed by atoms with Crippen LogP contribution in [0.4, 0.5) is 0 Å². The SMILES string of the molecule is CNC(C)CNC(=O)CCSc1ccc(OC)c(OC)c1.Cl. The Balaban J connectivity index is 0.00000441. The van der Waals surface area contributed by atoms with Crippen LogP contribution in [0.25, 0.3) is 0 Å². The van der Waals surface area contributed by atoms with Crippen LogP contribution in [0.15, 0.2) is 23.1 Å². The van der Waals surface area contributed by atoms with Crippen molar-refractivity contribution in [2.24, 2.45) is 0 Å². The Morgan fingerprint density at radius 2 is 1.95 bits per heavy atom. The minimum Gasteiger partial charge on any atom is -0.493 e. The number of benzene rings is 1. The monoisotopic (exact) mass is 348 g/mol. The van der Waals surface area contributed by atoms with E-state index in [9.17, 15) is 4.79 Å². The van der Waals surface area contributed by atoms with Gasteiger partial charge in [0.15, 0.2) is 11.5 Å². The van der Waals surface area contributed by atoms with Crippen LogP contribution in [-0.4, -0.2) is 45.5 Å². The molecule has 1 atom stereocenters. The van der Waals surface area contributed by atoms with Gasteiger partial charge in [-0.2, -0.15) is 0 Å². The molecule has 0 fully saturated rings. The van der Waals surface area contributed by atoms with E-state index in [0.717, 1.165) is 10.6 Å². The molecule has 0 radical (unpaired) electrons. The van der Waals surface area contributed by atoms with Gasteiger partial charge in [-0.3, -0.25) is 4.79 Å². The van der Waals surface area contributed by atoms with Gasteiger partial charge in [0.25, 0.3) is 0 Å². The molecule has 126 valence electrons. The standard InChI is InChI=1S/C15H24N2O3S.ClH/c1-11(16-2)10-17-15(18)7-8-21-12-5-6-13(19-3)14(9-12)20-4;/h5-6,9,11,16H,7-8,10H2,1-4H3,(H,17,18);1H. The van der Waals surface area contributed by atoms with E-state index in [-0.39, 0.29) is 24.4 Å². The summed E-state index contributed by atoms with van der Waals surface area (Å²) in [5.41, 5.74) is 0. The Morgan fingerprint density at radius 1 is 1.27 bits per heavy atom. The van der Waals surface area contributed by atoms with E-state index in [1.54, 1.807) is 26.0 Å². The van der Waals surface area contributed by atoms with Crippen LogP contribution < -0.4 is 20.1 Å². The Hall–Kier alpha value is -1.11. The Morgan fingerprint density at radius 3 is 2.55 bits per heavy atom. The fourth-order valence-electron chi connectivity index (χ4n) is 1.63. The summed E-state index contributed by atoms with van der Waals surface area (Å²) in [6.07, 6.45) is 0.495. The molecule has 7 heteroatoms. The first-order valence-electron chi connectivity index (χ1n) is 6.89. The Kier molecular flexibility index (Phi) is 10.9. The van der Waals surface area contributed by atoms with Gasteiger partial charge in [0, 0.05) is 29.7 Å². The van der Waals surface area contributed by atoms with Gasteiger partial charge in [-0.15, -0.1) is 24.2 Å². The van der Waals surface area contributed by atoms with Crippen molar-refractivity contribution in [2.45, 2.75) is 24.3 Å². The minimum atomic E-state index is 0. The van der Waals surface area contributed by atoms with Crippen molar-refractivity contribution >= 4 is 30.1 Å². The molecular weight excluding hydrogens is 324 g/mol. The second-order valence-electron chi connectivity index (χ2n) is 4.61. The quantitative estimate of drug-likeness (QED) is 0.671. The summed E-state index contributed by atoms with van der Waals surface area (Å²) in [7, 11) is 5.10. The highest BCUT2D eigenvalue weighted by Gasteiger charge is 2.07. The number of rotatable bonds is 9. The van der Waals surface area contributed by atoms with E-state index < -0.39 is 0 Å². The molecule has 0 spiro atoms. The van der Waals surface area contributed by atoms with Crippen molar-refractivity contribution in [3.8, 4) is 11.5 Å². The van der Waals surface area contributed by atoms with E-state index in [1.807, 2.05) is 32.2 Å². The maximum absolute atomic E-state index is 11.7. The smallest absolute Gasteiger partial charge is 0.220 e. The number of hydrogen-bond acceptors (Lipinski definition) is 5. The zero-order chi connectivity index (χ0) is 15.7. The third-order valence-corrected chi connectivity index (χ3v) is 4.05. The molecule has 0 saturated carbocycles. The van der Waals surface area contributed by atoms with E-state index in [1.165, 1.54) is 0 Å². The van der Waals surface area contributed by atoms with Crippen LogP contribution in [0.3, 0.4) is 0 Å². The summed E-state index contributed by atoms with van der Waals surface area (Å²) >= 11 is 1.63. The maximum atomic E-state index is 11.7. The zero-order valence-corrected chi connectivity index (χ0v) is 15.1. The van der Waals surface area contributed by atoms with E-state index in [0.29, 0.717) is 24.5 Å². The summed E-state index contributed by atoms with van der Waals surface area (Å²) < 4.78 is 10.5. The largest absolute Gasteiger partial charge is 0.493 e. The number of ether oxygens (including phenoxy) is 2. The normalized spacial score (nSPS) is 11.3. The summed E-state index contributed by atoms with van der Waals surface area (Å²) in [6, 6.07) is 6.04. The van der Waals surface area contributed by atoms with Gasteiger partial charge < -0.3 is 20.1 Å². The van der Waals surface area contributed by atoms with Crippen LogP contribution in [0.5, 0.6) is 11.5 Å². The highest BCUT2D eigenvalue weighted by molar-refractivity contribution is 7.99. The van der Waals surface area contributed by atoms with Crippen molar-refractivity contribution in [1.29, 1.82) is 0 Å². The summed E-state index contributed by atoms with van der Waals surface area (Å²) in [6.45, 7) is 2.68. The van der Waals surface area contributed by atoms with Gasteiger partial charge in [0.1, 0.15) is 0 Å². The molecule has 0 heterocycles. The topological polar surface area (TPSA) is 59.6 Å². The van der Waals surface area contributed by atoms with Gasteiger partial charge in [-0.1, -0.05) is 0 Å². The van der Waals surface area contributed by atoms with Gasteiger partial charge in [0.2, 0.25) is 5.91 Å². The number of hydrogen-bond donors (Lipinski definition) is 2. The average Bonchev–Trinajstić information content (AvgIpc) is 2.52. The van der Waals surface area contributed by atoms with Gasteiger partial charge >= 0.3 is 0 Å². The predicted octanol–water partition coefficient (Wildman–Crippen LogP) is 2.33. The average molecular weight is 349 g/mol. The second-order valence-corrected chi connectivity index (χ2v) is 5.78. The van der Waals surface area contributed by atoms with Crippen molar-refractivity contribution in [1.82, 2.24) is 10.6 Å². The number of carbonyl (C=O) groups is 1. The third kappa shape index (κ3) is 7.24. The number of amides is 1. The Labute approximate surface area is 142 Å². The number of halogens is 1. The fraction of sp³-hybridized carbons (Fsp3) is 0.533. The molecule has 22 heavy (non-hydrogen) atoms. The first kappa shape index (κ1) is 20.9. The number of methoxy groups -OCH3 is 2. The molecule has 0 aliphatic rings. The molecular formula is C15H25ClN2O3S. The van der Waals surface area contributed by atoms with Crippen molar-refractivity contribution in [2.75, 3.05) is 33.6 Å². The molecule has 0 aromatic heterocycles. The molecule has 5 nitrogen and oxygen atoms in total. The highest BCUT2D eigenvalue weighted by Crippen LogP contribution is 2.31. The lowest BCUT2D eigenvalue weighted by atomic mass is 10.3. The van der Waals surface area contributed by atoms with Crippen LogP contribution in [0.2, 0.25) is 0 Å². The van der Waals surface area contributed by atoms with Crippen molar-refractivity contribution in [3.63, 3.8) is 0 Å². The fourth-order valence-corrected chi connectivity index (χ4v) is 2.50. The van der Waals surface area contributed by atoms with E-state index >= 15 is 0 Å². The molecule has 0 bridgehead atoms. The molecule has 1 aromatic carbocycles. The lowest BCUT2D eigenvalue weighted by molar-refractivity contribution is -0.120. The maximum Gasteiger partial charge on any atom is 0.220 e. The molecule has 2 N–H and O–H groups in total. The first-order chi connectivity index (χ1) is 10.1. The Bertz CT molecular complexity index is 460. The molecule has 1 aromatic rings. The zero-order valence-electron chi connectivity index (χ0n) is 13.5. The lowest BCUT2D eigenvalue weighted by Crippen LogP contribution is -2.37.